The van der Waals surface area contributed by atoms with Gasteiger partial charge in [-0.2, -0.15) is 0 Å². The second kappa shape index (κ2) is 22.3. The summed E-state index contributed by atoms with van der Waals surface area (Å²) in [7, 11) is 0. The lowest BCUT2D eigenvalue weighted by Gasteiger charge is -2.23. The first-order valence-electron chi connectivity index (χ1n) is 19.0. The van der Waals surface area contributed by atoms with Gasteiger partial charge in [-0.05, 0) is 101 Å². The van der Waals surface area contributed by atoms with Crippen molar-refractivity contribution in [2.75, 3.05) is 39.6 Å². The summed E-state index contributed by atoms with van der Waals surface area (Å²) in [6, 6.07) is 8.16. The highest BCUT2D eigenvalue weighted by Gasteiger charge is 2.23. The molecule has 2 aromatic heterocycles. The Balaban J connectivity index is 1.06. The Labute approximate surface area is 319 Å². The van der Waals surface area contributed by atoms with E-state index >= 15 is 0 Å². The molecule has 2 aromatic rings. The minimum Gasteiger partial charge on any atom is -0.461 e. The van der Waals surface area contributed by atoms with Gasteiger partial charge in [-0.25, -0.2) is 9.59 Å². The molecule has 8 nitrogen and oxygen atoms in total. The molecule has 4 N–H and O–H groups in total. The van der Waals surface area contributed by atoms with Crippen molar-refractivity contribution in [1.82, 2.24) is 0 Å². The quantitative estimate of drug-likeness (QED) is 0.0702. The summed E-state index contributed by atoms with van der Waals surface area (Å²) in [4.78, 5) is 28.9. The highest BCUT2D eigenvalue weighted by Crippen LogP contribution is 2.25. The van der Waals surface area contributed by atoms with Crippen LogP contribution in [-0.4, -0.2) is 62.7 Å². The Hall–Kier alpha value is -2.96. The number of ether oxygens (including phenoxy) is 4. The number of carbonyl (C=O) groups is 2. The molecular weight excluding hydrogens is 693 g/mol. The summed E-state index contributed by atoms with van der Waals surface area (Å²) >= 11 is 3.28. The lowest BCUT2D eigenvalue weighted by atomic mass is 9.90. The summed E-state index contributed by atoms with van der Waals surface area (Å²) < 4.78 is 22.2. The van der Waals surface area contributed by atoms with E-state index in [1.807, 2.05) is 26.0 Å². The molecule has 0 aromatic carbocycles. The van der Waals surface area contributed by atoms with E-state index in [9.17, 15) is 9.59 Å². The lowest BCUT2D eigenvalue weighted by Crippen LogP contribution is -2.42. The van der Waals surface area contributed by atoms with Crippen molar-refractivity contribution in [2.45, 2.75) is 115 Å². The summed E-state index contributed by atoms with van der Waals surface area (Å²) in [5.41, 5.74) is 11.4. The van der Waals surface area contributed by atoms with Crippen molar-refractivity contribution in [3.8, 4) is 23.7 Å². The zero-order valence-corrected chi connectivity index (χ0v) is 32.8. The topological polar surface area (TPSA) is 123 Å². The number of hydrogen-bond donors (Lipinski definition) is 2. The summed E-state index contributed by atoms with van der Waals surface area (Å²) in [5.74, 6) is 12.7. The van der Waals surface area contributed by atoms with Crippen molar-refractivity contribution in [1.29, 1.82) is 0 Å². The molecule has 4 rings (SSSR count). The zero-order chi connectivity index (χ0) is 37.1. The molecule has 2 aliphatic rings. The second-order valence-electron chi connectivity index (χ2n) is 15.0. The van der Waals surface area contributed by atoms with Gasteiger partial charge in [0.1, 0.15) is 26.4 Å². The monoisotopic (exact) mass is 750 g/mol. The predicted octanol–water partition coefficient (Wildman–Crippen LogP) is 7.35. The van der Waals surface area contributed by atoms with E-state index in [1.54, 1.807) is 22.7 Å². The van der Waals surface area contributed by atoms with Gasteiger partial charge in [-0.1, -0.05) is 62.2 Å². The van der Waals surface area contributed by atoms with Gasteiger partial charge in [0.15, 0.2) is 0 Å². The van der Waals surface area contributed by atoms with Crippen LogP contribution in [0, 0.1) is 35.5 Å². The number of rotatable bonds is 18. The van der Waals surface area contributed by atoms with E-state index in [0.29, 0.717) is 37.9 Å². The van der Waals surface area contributed by atoms with Crippen LogP contribution < -0.4 is 11.5 Å². The van der Waals surface area contributed by atoms with Crippen LogP contribution >= 0.6 is 22.7 Å². The third-order valence-corrected chi connectivity index (χ3v) is 11.7. The standard InChI is InChI=1S/C42H58N2O6S2/c1-41(43,25-23-37-19-17-35(51-37)15-9-27-47-29-33-11-5-3-6-12-33)31-49-39(45)21-22-40(46)50-32-42(2,44)26-24-38-20-18-36(52-38)16-10-28-48-30-34-13-7-4-8-14-34/h17-22,33-34H,3-8,11-14,23-32,43-44H2,1-2H3/b22-21-. The molecule has 0 saturated heterocycles. The van der Waals surface area contributed by atoms with Gasteiger partial charge in [-0.3, -0.25) is 0 Å². The third kappa shape index (κ3) is 17.2. The molecule has 0 amide bonds. The maximum absolute atomic E-state index is 12.3. The van der Waals surface area contributed by atoms with E-state index in [1.165, 1.54) is 74.0 Å². The van der Waals surface area contributed by atoms with Crippen LogP contribution in [0.1, 0.15) is 110 Å². The maximum Gasteiger partial charge on any atom is 0.331 e. The van der Waals surface area contributed by atoms with E-state index < -0.39 is 23.0 Å². The van der Waals surface area contributed by atoms with E-state index in [2.05, 4.69) is 35.8 Å². The van der Waals surface area contributed by atoms with Gasteiger partial charge in [0, 0.05) is 33.0 Å². The minimum atomic E-state index is -0.730. The molecule has 2 saturated carbocycles. The Morgan fingerprint density at radius 1 is 0.692 bits per heavy atom. The molecule has 284 valence electrons. The predicted molar refractivity (Wildman–Crippen MR) is 210 cm³/mol. The van der Waals surface area contributed by atoms with Crippen molar-refractivity contribution >= 4 is 34.6 Å². The average Bonchev–Trinajstić information content (AvgIpc) is 3.81. The first kappa shape index (κ1) is 41.8. The number of carbonyl (C=O) groups excluding carboxylic acids is 2. The van der Waals surface area contributed by atoms with Crippen LogP contribution in [0.25, 0.3) is 0 Å². The summed E-state index contributed by atoms with van der Waals surface area (Å²) in [5, 5.41) is 0. The SMILES string of the molecule is CC(N)(CCc1ccc(C#CCOCC2CCCCC2)s1)COC(=O)/C=C\C(=O)OCC(C)(N)CCc1ccc(C#CCOCC2CCCCC2)s1. The lowest BCUT2D eigenvalue weighted by molar-refractivity contribution is -0.142. The molecule has 52 heavy (non-hydrogen) atoms. The highest BCUT2D eigenvalue weighted by molar-refractivity contribution is 7.12. The van der Waals surface area contributed by atoms with Gasteiger partial charge in [-0.15, -0.1) is 22.7 Å². The summed E-state index contributed by atoms with van der Waals surface area (Å²) in [6.45, 7) is 6.26. The van der Waals surface area contributed by atoms with E-state index in [-0.39, 0.29) is 13.2 Å². The Morgan fingerprint density at radius 2 is 1.10 bits per heavy atom. The second-order valence-corrected chi connectivity index (χ2v) is 17.4. The van der Waals surface area contributed by atoms with Crippen LogP contribution in [0.5, 0.6) is 0 Å². The zero-order valence-electron chi connectivity index (χ0n) is 31.2. The van der Waals surface area contributed by atoms with Gasteiger partial charge in [0.2, 0.25) is 0 Å². The van der Waals surface area contributed by atoms with Crippen molar-refractivity contribution in [2.24, 2.45) is 23.3 Å². The van der Waals surface area contributed by atoms with Crippen LogP contribution in [-0.2, 0) is 41.4 Å². The number of hydrogen-bond acceptors (Lipinski definition) is 10. The first-order valence-corrected chi connectivity index (χ1v) is 20.6. The van der Waals surface area contributed by atoms with Crippen LogP contribution in [0.4, 0.5) is 0 Å². The van der Waals surface area contributed by atoms with Crippen LogP contribution in [0.2, 0.25) is 0 Å². The average molecular weight is 751 g/mol. The molecule has 0 radical (unpaired) electrons. The molecule has 2 unspecified atom stereocenters. The Bertz CT molecular complexity index is 1430. The first-order chi connectivity index (χ1) is 25.1. The number of esters is 2. The molecule has 2 heterocycles. The Kier molecular flexibility index (Phi) is 17.9. The van der Waals surface area contributed by atoms with Gasteiger partial charge in [0.25, 0.3) is 0 Å². The van der Waals surface area contributed by atoms with Gasteiger partial charge < -0.3 is 30.4 Å². The fourth-order valence-corrected chi connectivity index (χ4v) is 8.10. The fourth-order valence-electron chi connectivity index (χ4n) is 6.33. The van der Waals surface area contributed by atoms with Crippen LogP contribution in [0.15, 0.2) is 36.4 Å². The largest absolute Gasteiger partial charge is 0.461 e. The molecule has 2 fully saturated rings. The smallest absolute Gasteiger partial charge is 0.331 e. The number of aryl methyl sites for hydroxylation is 2. The highest BCUT2D eigenvalue weighted by atomic mass is 32.1. The van der Waals surface area contributed by atoms with E-state index in [4.69, 9.17) is 30.4 Å². The molecule has 0 aliphatic heterocycles. The Morgan fingerprint density at radius 3 is 1.50 bits per heavy atom. The summed E-state index contributed by atoms with van der Waals surface area (Å²) in [6.07, 6.45) is 17.9. The third-order valence-electron chi connectivity index (χ3n) is 9.58. The molecular formula is C42H58N2O6S2. The molecule has 2 atom stereocenters. The molecule has 0 bridgehead atoms. The fraction of sp³-hybridized carbons (Fsp3) is 0.619. The number of thiophene rings is 2. The molecule has 0 spiro atoms. The number of nitrogens with two attached hydrogens (primary N) is 2. The van der Waals surface area contributed by atoms with Crippen molar-refractivity contribution in [3.63, 3.8) is 0 Å². The molecule has 2 aliphatic carbocycles. The maximum atomic E-state index is 12.3. The minimum absolute atomic E-state index is 0.0205. The van der Waals surface area contributed by atoms with Crippen molar-refractivity contribution < 1.29 is 28.5 Å². The van der Waals surface area contributed by atoms with Gasteiger partial charge >= 0.3 is 11.9 Å². The molecule has 10 heteroatoms. The van der Waals surface area contributed by atoms with Crippen molar-refractivity contribution in [3.05, 3.63) is 55.9 Å². The van der Waals surface area contributed by atoms with E-state index in [0.717, 1.165) is 48.0 Å². The van der Waals surface area contributed by atoms with Gasteiger partial charge in [0.05, 0.1) is 23.0 Å². The van der Waals surface area contributed by atoms with Crippen LogP contribution in [0.3, 0.4) is 0 Å². The normalized spacial score (nSPS) is 17.7.